The number of carbonyl (C=O) groups is 3. The molecule has 1 fully saturated rings. The monoisotopic (exact) mass is 554 g/mol. The molecule has 1 saturated heterocycles. The molecule has 10 heteroatoms. The fourth-order valence-corrected chi connectivity index (χ4v) is 5.44. The van der Waals surface area contributed by atoms with Crippen LogP contribution in [0.5, 0.6) is 5.75 Å². The normalized spacial score (nSPS) is 16.7. The standard InChI is InChI=1S/C28H27ClN2O6S/c1-5-12-37-19-10-11-20(15(3)13-19)23(32)21-22(17-8-7-9-18(29)14-17)31(26(34)24(21)33)28-30-16(4)25(38-28)27(35)36-6-2/h7-11,13-14,22,32H,5-6,12H2,1-4H3/t22-/m0/s1. The van der Waals surface area contributed by atoms with Gasteiger partial charge in [-0.15, -0.1) is 0 Å². The van der Waals surface area contributed by atoms with E-state index in [1.54, 1.807) is 63.2 Å². The van der Waals surface area contributed by atoms with Crippen LogP contribution in [0.15, 0.2) is 48.0 Å². The summed E-state index contributed by atoms with van der Waals surface area (Å²) >= 11 is 7.22. The van der Waals surface area contributed by atoms with E-state index >= 15 is 0 Å². The highest BCUT2D eigenvalue weighted by Gasteiger charge is 2.48. The zero-order valence-electron chi connectivity index (χ0n) is 21.4. The van der Waals surface area contributed by atoms with Gasteiger partial charge in [0.15, 0.2) is 5.13 Å². The highest BCUT2D eigenvalue weighted by Crippen LogP contribution is 2.44. The lowest BCUT2D eigenvalue weighted by atomic mass is 9.94. The number of ether oxygens (including phenoxy) is 2. The lowest BCUT2D eigenvalue weighted by Crippen LogP contribution is -2.29. The van der Waals surface area contributed by atoms with E-state index < -0.39 is 23.7 Å². The minimum atomic E-state index is -1.02. The van der Waals surface area contributed by atoms with E-state index in [0.717, 1.165) is 17.8 Å². The topological polar surface area (TPSA) is 106 Å². The van der Waals surface area contributed by atoms with Crippen molar-refractivity contribution in [3.05, 3.63) is 80.3 Å². The van der Waals surface area contributed by atoms with Gasteiger partial charge in [-0.1, -0.05) is 42.0 Å². The van der Waals surface area contributed by atoms with Gasteiger partial charge in [0.25, 0.3) is 5.78 Å². The van der Waals surface area contributed by atoms with Crippen molar-refractivity contribution in [2.75, 3.05) is 18.1 Å². The number of aliphatic hydroxyl groups excluding tert-OH is 1. The van der Waals surface area contributed by atoms with Crippen molar-refractivity contribution < 1.29 is 29.0 Å². The second-order valence-corrected chi connectivity index (χ2v) is 10.1. The van der Waals surface area contributed by atoms with Crippen molar-refractivity contribution in [2.24, 2.45) is 0 Å². The maximum Gasteiger partial charge on any atom is 0.350 e. The third-order valence-corrected chi connectivity index (χ3v) is 7.36. The first-order chi connectivity index (χ1) is 18.2. The summed E-state index contributed by atoms with van der Waals surface area (Å²) < 4.78 is 10.8. The number of benzene rings is 2. The number of esters is 1. The summed E-state index contributed by atoms with van der Waals surface area (Å²) in [7, 11) is 0. The number of rotatable bonds is 8. The van der Waals surface area contributed by atoms with Gasteiger partial charge in [0, 0.05) is 10.6 Å². The molecule has 8 nitrogen and oxygen atoms in total. The molecule has 2 heterocycles. The van der Waals surface area contributed by atoms with Crippen molar-refractivity contribution in [1.82, 2.24) is 4.98 Å². The number of aromatic nitrogens is 1. The number of hydrogen-bond acceptors (Lipinski definition) is 8. The number of ketones is 1. The van der Waals surface area contributed by atoms with Gasteiger partial charge in [-0.25, -0.2) is 9.78 Å². The summed E-state index contributed by atoms with van der Waals surface area (Å²) in [6.07, 6.45) is 0.845. The highest BCUT2D eigenvalue weighted by molar-refractivity contribution is 7.17. The van der Waals surface area contributed by atoms with Gasteiger partial charge in [-0.05, 0) is 68.7 Å². The lowest BCUT2D eigenvalue weighted by Gasteiger charge is -2.23. The predicted octanol–water partition coefficient (Wildman–Crippen LogP) is 6.01. The van der Waals surface area contributed by atoms with E-state index in [1.165, 1.54) is 4.90 Å². The second-order valence-electron chi connectivity index (χ2n) is 8.68. The third-order valence-electron chi connectivity index (χ3n) is 5.99. The first-order valence-electron chi connectivity index (χ1n) is 12.1. The first kappa shape index (κ1) is 27.3. The van der Waals surface area contributed by atoms with Crippen LogP contribution < -0.4 is 9.64 Å². The number of aliphatic hydroxyl groups is 1. The Labute approximate surface area is 229 Å². The number of aryl methyl sites for hydroxylation is 2. The molecule has 0 saturated carbocycles. The second kappa shape index (κ2) is 11.4. The maximum absolute atomic E-state index is 13.4. The number of nitrogens with zero attached hydrogens (tertiary/aromatic N) is 2. The Balaban J connectivity index is 1.88. The Morgan fingerprint density at radius 3 is 2.58 bits per heavy atom. The largest absolute Gasteiger partial charge is 0.507 e. The Hall–Kier alpha value is -3.69. The predicted molar refractivity (Wildman–Crippen MR) is 146 cm³/mol. The molecule has 0 aliphatic carbocycles. The Bertz CT molecular complexity index is 1450. The van der Waals surface area contributed by atoms with Crippen molar-refractivity contribution in [1.29, 1.82) is 0 Å². The number of thiazole rings is 1. The van der Waals surface area contributed by atoms with Crippen LogP contribution in [0.1, 0.15) is 58.4 Å². The quantitative estimate of drug-likeness (QED) is 0.157. The Morgan fingerprint density at radius 2 is 1.92 bits per heavy atom. The lowest BCUT2D eigenvalue weighted by molar-refractivity contribution is -0.132. The van der Waals surface area contributed by atoms with E-state index in [9.17, 15) is 19.5 Å². The van der Waals surface area contributed by atoms with E-state index in [2.05, 4.69) is 4.98 Å². The van der Waals surface area contributed by atoms with Crippen LogP contribution in [0.4, 0.5) is 5.13 Å². The summed E-state index contributed by atoms with van der Waals surface area (Å²) in [5.41, 5.74) is 1.83. The molecular formula is C28H27ClN2O6S. The molecule has 1 amide bonds. The summed E-state index contributed by atoms with van der Waals surface area (Å²) in [4.78, 5) is 45.1. The number of carbonyl (C=O) groups excluding carboxylic acids is 3. The van der Waals surface area contributed by atoms with Gasteiger partial charge in [-0.3, -0.25) is 14.5 Å². The minimum Gasteiger partial charge on any atom is -0.507 e. The van der Waals surface area contributed by atoms with Gasteiger partial charge in [0.1, 0.15) is 16.4 Å². The Kier molecular flexibility index (Phi) is 8.18. The minimum absolute atomic E-state index is 0.104. The van der Waals surface area contributed by atoms with Crippen LogP contribution in [0.2, 0.25) is 5.02 Å². The van der Waals surface area contributed by atoms with Gasteiger partial charge in [-0.2, -0.15) is 0 Å². The van der Waals surface area contributed by atoms with Crippen LogP contribution >= 0.6 is 22.9 Å². The molecule has 1 aliphatic rings. The molecule has 0 bridgehead atoms. The number of amides is 1. The number of hydrogen-bond donors (Lipinski definition) is 1. The molecule has 1 atom stereocenters. The highest BCUT2D eigenvalue weighted by atomic mass is 35.5. The molecule has 2 aromatic carbocycles. The van der Waals surface area contributed by atoms with Gasteiger partial charge in [0.2, 0.25) is 0 Å². The average Bonchev–Trinajstić information content (AvgIpc) is 3.39. The number of halogens is 1. The molecule has 1 aliphatic heterocycles. The Morgan fingerprint density at radius 1 is 1.16 bits per heavy atom. The molecule has 198 valence electrons. The summed E-state index contributed by atoms with van der Waals surface area (Å²) in [6, 6.07) is 10.8. The number of anilines is 1. The molecular weight excluding hydrogens is 528 g/mol. The van der Waals surface area contributed by atoms with E-state index in [-0.39, 0.29) is 27.9 Å². The van der Waals surface area contributed by atoms with Crippen molar-refractivity contribution in [3.8, 4) is 5.75 Å². The third kappa shape index (κ3) is 5.16. The van der Waals surface area contributed by atoms with Crippen molar-refractivity contribution in [3.63, 3.8) is 0 Å². The zero-order valence-corrected chi connectivity index (χ0v) is 23.0. The average molecular weight is 555 g/mol. The molecule has 1 N–H and O–H groups in total. The van der Waals surface area contributed by atoms with Crippen molar-refractivity contribution in [2.45, 2.75) is 40.2 Å². The summed E-state index contributed by atoms with van der Waals surface area (Å²) in [6.45, 7) is 7.83. The van der Waals surface area contributed by atoms with Crippen LogP contribution in [0.25, 0.3) is 5.76 Å². The van der Waals surface area contributed by atoms with Crippen LogP contribution in [0, 0.1) is 13.8 Å². The molecule has 0 spiro atoms. The molecule has 1 aromatic heterocycles. The molecule has 4 rings (SSSR count). The SMILES string of the molecule is CCCOc1ccc(C(O)=C2C(=O)C(=O)N(c3nc(C)c(C(=O)OCC)s3)[C@H]2c2cccc(Cl)c2)c(C)c1. The molecule has 38 heavy (non-hydrogen) atoms. The van der Waals surface area contributed by atoms with Gasteiger partial charge < -0.3 is 14.6 Å². The van der Waals surface area contributed by atoms with E-state index in [1.807, 2.05) is 6.92 Å². The van der Waals surface area contributed by atoms with Gasteiger partial charge in [0.05, 0.1) is 30.5 Å². The van der Waals surface area contributed by atoms with E-state index in [0.29, 0.717) is 39.8 Å². The maximum atomic E-state index is 13.4. The summed E-state index contributed by atoms with van der Waals surface area (Å²) in [5, 5.41) is 12.0. The molecule has 0 unspecified atom stereocenters. The molecule has 3 aromatic rings. The summed E-state index contributed by atoms with van der Waals surface area (Å²) in [5.74, 6) is -2.00. The fourth-order valence-electron chi connectivity index (χ4n) is 4.25. The van der Waals surface area contributed by atoms with Crippen LogP contribution in [-0.4, -0.2) is 41.0 Å². The van der Waals surface area contributed by atoms with Crippen molar-refractivity contribution >= 4 is 51.5 Å². The van der Waals surface area contributed by atoms with Crippen LogP contribution in [0.3, 0.4) is 0 Å². The first-order valence-corrected chi connectivity index (χ1v) is 13.3. The number of Topliss-reactive ketones (excluding diaryl/α,β-unsaturated/α-hetero) is 1. The fraction of sp³-hybridized carbons (Fsp3) is 0.286. The zero-order chi connectivity index (χ0) is 27.6. The molecule has 0 radical (unpaired) electrons. The van der Waals surface area contributed by atoms with Gasteiger partial charge >= 0.3 is 11.9 Å². The van der Waals surface area contributed by atoms with Crippen LogP contribution in [-0.2, 0) is 14.3 Å². The smallest absolute Gasteiger partial charge is 0.350 e. The van der Waals surface area contributed by atoms with E-state index in [4.69, 9.17) is 21.1 Å².